The minimum Gasteiger partial charge on any atom is -0.368 e. The molecule has 0 bridgehead atoms. The van der Waals surface area contributed by atoms with E-state index in [1.807, 2.05) is 19.2 Å². The Morgan fingerprint density at radius 2 is 1.81 bits per heavy atom. The largest absolute Gasteiger partial charge is 0.368 e. The van der Waals surface area contributed by atoms with Crippen molar-refractivity contribution in [2.75, 3.05) is 36.0 Å². The number of carbonyl (C=O) groups excluding carboxylic acids is 1. The Kier molecular flexibility index (Phi) is 5.76. The molecular weight excluding hydrogens is 324 g/mol. The maximum Gasteiger partial charge on any atom is 0.253 e. The molecule has 1 fully saturated rings. The molecule has 2 aromatic rings. The molecule has 0 radical (unpaired) electrons. The molecule has 3 rings (SSSR count). The third-order valence-corrected chi connectivity index (χ3v) is 4.99. The summed E-state index contributed by atoms with van der Waals surface area (Å²) in [7, 11) is 0. The molecule has 0 saturated carbocycles. The number of aryl methyl sites for hydroxylation is 1. The highest BCUT2D eigenvalue weighted by molar-refractivity contribution is 5.94. The highest BCUT2D eigenvalue weighted by atomic mass is 16.1. The summed E-state index contributed by atoms with van der Waals surface area (Å²) in [6.07, 6.45) is 4.41. The summed E-state index contributed by atoms with van der Waals surface area (Å²) in [6, 6.07) is 10.8. The van der Waals surface area contributed by atoms with Gasteiger partial charge in [-0.3, -0.25) is 9.78 Å². The molecule has 1 aliphatic heterocycles. The third-order valence-electron chi connectivity index (χ3n) is 4.99. The Morgan fingerprint density at radius 3 is 2.46 bits per heavy atom. The van der Waals surface area contributed by atoms with Crippen molar-refractivity contribution in [3.63, 3.8) is 0 Å². The Labute approximate surface area is 156 Å². The van der Waals surface area contributed by atoms with Crippen molar-refractivity contribution in [1.82, 2.24) is 10.3 Å². The average molecular weight is 352 g/mol. The minimum atomic E-state index is -0.0490. The fourth-order valence-corrected chi connectivity index (χ4v) is 3.18. The van der Waals surface area contributed by atoms with Gasteiger partial charge in [-0.25, -0.2) is 0 Å². The molecule has 138 valence electrons. The quantitative estimate of drug-likeness (QED) is 0.897. The fraction of sp³-hybridized carbons (Fsp3) is 0.429. The van der Waals surface area contributed by atoms with Gasteiger partial charge in [0.1, 0.15) is 0 Å². The zero-order valence-corrected chi connectivity index (χ0v) is 15.9. The molecular formula is C21H28N4O. The van der Waals surface area contributed by atoms with Gasteiger partial charge in [-0.2, -0.15) is 0 Å². The number of carbonyl (C=O) groups is 1. The van der Waals surface area contributed by atoms with Crippen LogP contribution in [0.4, 0.5) is 11.4 Å². The van der Waals surface area contributed by atoms with Gasteiger partial charge in [0.25, 0.3) is 5.91 Å². The van der Waals surface area contributed by atoms with Crippen LogP contribution < -0.4 is 15.1 Å². The Bertz CT molecular complexity index is 753. The monoisotopic (exact) mass is 352 g/mol. The lowest BCUT2D eigenvalue weighted by Gasteiger charge is -2.37. The van der Waals surface area contributed by atoms with Gasteiger partial charge in [0.05, 0.1) is 17.4 Å². The molecule has 0 aliphatic carbocycles. The summed E-state index contributed by atoms with van der Waals surface area (Å²) in [5.41, 5.74) is 4.22. The van der Waals surface area contributed by atoms with Gasteiger partial charge in [-0.1, -0.05) is 19.1 Å². The van der Waals surface area contributed by atoms with Crippen molar-refractivity contribution in [2.45, 2.75) is 33.2 Å². The van der Waals surface area contributed by atoms with E-state index in [2.05, 4.69) is 58.2 Å². The number of rotatable bonds is 5. The summed E-state index contributed by atoms with van der Waals surface area (Å²) < 4.78 is 0. The topological polar surface area (TPSA) is 48.5 Å². The lowest BCUT2D eigenvalue weighted by molar-refractivity contribution is 0.0939. The van der Waals surface area contributed by atoms with Crippen molar-refractivity contribution in [1.29, 1.82) is 0 Å². The van der Waals surface area contributed by atoms with Crippen LogP contribution in [-0.4, -0.2) is 43.1 Å². The molecule has 1 aromatic carbocycles. The molecule has 1 amide bonds. The average Bonchev–Trinajstić information content (AvgIpc) is 2.68. The van der Waals surface area contributed by atoms with Crippen LogP contribution >= 0.6 is 0 Å². The van der Waals surface area contributed by atoms with Crippen LogP contribution in [0.1, 0.15) is 36.2 Å². The van der Waals surface area contributed by atoms with Gasteiger partial charge in [-0.05, 0) is 44.0 Å². The number of hydrogen-bond acceptors (Lipinski definition) is 4. The number of anilines is 2. The van der Waals surface area contributed by atoms with Gasteiger partial charge < -0.3 is 15.1 Å². The lowest BCUT2D eigenvalue weighted by atomic mass is 10.1. The highest BCUT2D eigenvalue weighted by Gasteiger charge is 2.19. The van der Waals surface area contributed by atoms with Crippen LogP contribution in [0.25, 0.3) is 0 Å². The van der Waals surface area contributed by atoms with E-state index in [0.717, 1.165) is 38.3 Å². The molecule has 1 aliphatic rings. The van der Waals surface area contributed by atoms with Gasteiger partial charge >= 0.3 is 0 Å². The van der Waals surface area contributed by atoms with Crippen molar-refractivity contribution < 1.29 is 4.79 Å². The van der Waals surface area contributed by atoms with Crippen LogP contribution in [0.3, 0.4) is 0 Å². The zero-order valence-electron chi connectivity index (χ0n) is 15.9. The van der Waals surface area contributed by atoms with E-state index < -0.39 is 0 Å². The Hall–Kier alpha value is -2.56. The van der Waals surface area contributed by atoms with E-state index in [4.69, 9.17) is 0 Å². The van der Waals surface area contributed by atoms with Crippen molar-refractivity contribution >= 4 is 17.3 Å². The van der Waals surface area contributed by atoms with Gasteiger partial charge in [0.15, 0.2) is 0 Å². The highest BCUT2D eigenvalue weighted by Crippen LogP contribution is 2.21. The molecule has 26 heavy (non-hydrogen) atoms. The zero-order chi connectivity index (χ0) is 18.5. The van der Waals surface area contributed by atoms with Crippen LogP contribution in [0, 0.1) is 6.92 Å². The summed E-state index contributed by atoms with van der Waals surface area (Å²) in [6.45, 7) is 9.98. The first-order valence-corrected chi connectivity index (χ1v) is 9.39. The molecule has 1 atom stereocenters. The van der Waals surface area contributed by atoms with Gasteiger partial charge in [-0.15, -0.1) is 0 Å². The summed E-state index contributed by atoms with van der Waals surface area (Å²) >= 11 is 0. The summed E-state index contributed by atoms with van der Waals surface area (Å²) in [5, 5.41) is 3.00. The number of aromatic nitrogens is 1. The normalized spacial score (nSPS) is 15.7. The molecule has 1 N–H and O–H groups in total. The summed E-state index contributed by atoms with van der Waals surface area (Å²) in [5.74, 6) is -0.0490. The first kappa shape index (κ1) is 18.2. The Morgan fingerprint density at radius 1 is 1.12 bits per heavy atom. The number of amides is 1. The van der Waals surface area contributed by atoms with Crippen molar-refractivity contribution in [3.05, 3.63) is 53.9 Å². The van der Waals surface area contributed by atoms with E-state index in [1.165, 1.54) is 11.3 Å². The first-order valence-electron chi connectivity index (χ1n) is 9.39. The molecule has 5 heteroatoms. The van der Waals surface area contributed by atoms with E-state index in [-0.39, 0.29) is 11.9 Å². The van der Waals surface area contributed by atoms with Gasteiger partial charge in [0.2, 0.25) is 0 Å². The molecule has 1 unspecified atom stereocenters. The van der Waals surface area contributed by atoms with Crippen LogP contribution in [0.5, 0.6) is 0 Å². The third kappa shape index (κ3) is 4.34. The second-order valence-corrected chi connectivity index (χ2v) is 7.03. The van der Waals surface area contributed by atoms with E-state index in [9.17, 15) is 4.79 Å². The fourth-order valence-electron chi connectivity index (χ4n) is 3.18. The SMILES string of the molecule is CCC(C)NC(=O)c1cncc(N2CCN(c3cccc(C)c3)CC2)c1. The van der Waals surface area contributed by atoms with Crippen LogP contribution in [0.15, 0.2) is 42.7 Å². The molecule has 1 saturated heterocycles. The molecule has 1 aromatic heterocycles. The standard InChI is InChI=1S/C21H28N4O/c1-4-17(3)23-21(26)18-13-20(15-22-14-18)25-10-8-24(9-11-25)19-7-5-6-16(2)12-19/h5-7,12-15,17H,4,8-11H2,1-3H3,(H,23,26). The van der Waals surface area contributed by atoms with E-state index in [1.54, 1.807) is 6.20 Å². The molecule has 0 spiro atoms. The smallest absolute Gasteiger partial charge is 0.253 e. The number of pyridine rings is 1. The first-order chi connectivity index (χ1) is 12.6. The second kappa shape index (κ2) is 8.21. The minimum absolute atomic E-state index is 0.0490. The molecule has 2 heterocycles. The van der Waals surface area contributed by atoms with Crippen LogP contribution in [-0.2, 0) is 0 Å². The number of nitrogens with one attached hydrogen (secondary N) is 1. The lowest BCUT2D eigenvalue weighted by Crippen LogP contribution is -2.46. The predicted octanol–water partition coefficient (Wildman–Crippen LogP) is 3.24. The number of hydrogen-bond donors (Lipinski definition) is 1. The maximum atomic E-state index is 12.3. The van der Waals surface area contributed by atoms with Crippen molar-refractivity contribution in [3.8, 4) is 0 Å². The maximum absolute atomic E-state index is 12.3. The summed E-state index contributed by atoms with van der Waals surface area (Å²) in [4.78, 5) is 21.3. The Balaban J connectivity index is 1.64. The predicted molar refractivity (Wildman–Crippen MR) is 107 cm³/mol. The molecule has 5 nitrogen and oxygen atoms in total. The van der Waals surface area contributed by atoms with Crippen LogP contribution in [0.2, 0.25) is 0 Å². The number of benzene rings is 1. The van der Waals surface area contributed by atoms with Crippen molar-refractivity contribution in [2.24, 2.45) is 0 Å². The van der Waals surface area contributed by atoms with E-state index in [0.29, 0.717) is 5.56 Å². The second-order valence-electron chi connectivity index (χ2n) is 7.03. The van der Waals surface area contributed by atoms with E-state index >= 15 is 0 Å². The number of piperazine rings is 1. The van der Waals surface area contributed by atoms with Gasteiger partial charge in [0, 0.05) is 44.1 Å². The number of nitrogens with zero attached hydrogens (tertiary/aromatic N) is 3.